The summed E-state index contributed by atoms with van der Waals surface area (Å²) < 4.78 is 0. The molecule has 3 N–H and O–H groups in total. The molecule has 0 aliphatic carbocycles. The fourth-order valence-corrected chi connectivity index (χ4v) is 0.0948. The molecule has 0 aliphatic rings. The largest absolute Gasteiger partial charge is 0.403 e. The van der Waals surface area contributed by atoms with E-state index < -0.39 is 0 Å². The van der Waals surface area contributed by atoms with Gasteiger partial charge in [-0.25, -0.2) is 0 Å². The molecule has 3 heteroatoms. The normalized spacial score (nSPS) is 8.67. The Morgan fingerprint density at radius 1 is 1.67 bits per heavy atom. The van der Waals surface area contributed by atoms with E-state index in [1.54, 1.807) is 0 Å². The summed E-state index contributed by atoms with van der Waals surface area (Å²) in [5.74, 6) is 0. The molecule has 0 heterocycles. The Hall–Kier alpha value is -0.990. The van der Waals surface area contributed by atoms with Gasteiger partial charge < -0.3 is 11.1 Å². The molecule has 3 nitrogen and oxygen atoms in total. The van der Waals surface area contributed by atoms with Crippen molar-refractivity contribution in [1.29, 1.82) is 0 Å². The molecule has 0 bridgehead atoms. The molecule has 0 aliphatic heterocycles. The van der Waals surface area contributed by atoms with Gasteiger partial charge in [0.05, 0.1) is 0 Å². The van der Waals surface area contributed by atoms with E-state index in [1.807, 2.05) is 0 Å². The van der Waals surface area contributed by atoms with Crippen molar-refractivity contribution in [3.05, 3.63) is 12.4 Å². The van der Waals surface area contributed by atoms with Crippen molar-refractivity contribution in [2.75, 3.05) is 0 Å². The van der Waals surface area contributed by atoms with E-state index >= 15 is 0 Å². The maximum Gasteiger partial charge on any atom is 0.211 e. The highest BCUT2D eigenvalue weighted by Gasteiger charge is 1.56. The molecule has 0 rings (SSSR count). The number of hydrogen-bond donors (Lipinski definition) is 2. The smallest absolute Gasteiger partial charge is 0.211 e. The minimum atomic E-state index is 0.545. The molecule has 0 atom stereocenters. The maximum absolute atomic E-state index is 9.35. The van der Waals surface area contributed by atoms with E-state index in [4.69, 9.17) is 5.73 Å². The van der Waals surface area contributed by atoms with Crippen LogP contribution in [0, 0.1) is 0 Å². The van der Waals surface area contributed by atoms with E-state index in [9.17, 15) is 4.79 Å². The molecular weight excluding hydrogens is 80.0 g/mol. The first-order valence-corrected chi connectivity index (χ1v) is 1.48. The monoisotopic (exact) mass is 86.0 g/mol. The average molecular weight is 86.1 g/mol. The second-order valence-electron chi connectivity index (χ2n) is 0.644. The van der Waals surface area contributed by atoms with Crippen LogP contribution in [0.4, 0.5) is 0 Å². The van der Waals surface area contributed by atoms with E-state index in [0.29, 0.717) is 6.41 Å². The molecular formula is C3H6N2O. The van der Waals surface area contributed by atoms with Crippen LogP contribution < -0.4 is 11.1 Å². The van der Waals surface area contributed by atoms with Crippen LogP contribution in [0.2, 0.25) is 0 Å². The van der Waals surface area contributed by atoms with Crippen molar-refractivity contribution < 1.29 is 4.79 Å². The number of nitrogens with one attached hydrogen (secondary N) is 1. The molecule has 0 spiro atoms. The number of nitrogens with two attached hydrogens (primary N) is 1. The van der Waals surface area contributed by atoms with Gasteiger partial charge in [0.2, 0.25) is 6.41 Å². The Balaban J connectivity index is 2.85. The zero-order chi connectivity index (χ0) is 4.83. The van der Waals surface area contributed by atoms with Crippen molar-refractivity contribution >= 4 is 6.41 Å². The van der Waals surface area contributed by atoms with Gasteiger partial charge in [-0.3, -0.25) is 4.79 Å². The third kappa shape index (κ3) is 3.01. The van der Waals surface area contributed by atoms with Gasteiger partial charge in [0.25, 0.3) is 0 Å². The van der Waals surface area contributed by atoms with Crippen LogP contribution in [0.5, 0.6) is 0 Å². The molecule has 6 heavy (non-hydrogen) atoms. The summed E-state index contributed by atoms with van der Waals surface area (Å²) in [6.45, 7) is 0. The predicted octanol–water partition coefficient (Wildman–Crippen LogP) is -0.838. The van der Waals surface area contributed by atoms with Gasteiger partial charge in [0.1, 0.15) is 0 Å². The van der Waals surface area contributed by atoms with Gasteiger partial charge in [0.15, 0.2) is 0 Å². The van der Waals surface area contributed by atoms with Crippen LogP contribution in [0.25, 0.3) is 0 Å². The van der Waals surface area contributed by atoms with Crippen LogP contribution in [0.3, 0.4) is 0 Å². The second-order valence-corrected chi connectivity index (χ2v) is 0.644. The quantitative estimate of drug-likeness (QED) is 0.430. The van der Waals surface area contributed by atoms with Gasteiger partial charge in [-0.15, -0.1) is 0 Å². The number of rotatable bonds is 2. The lowest BCUT2D eigenvalue weighted by Gasteiger charge is -1.74. The Kier molecular flexibility index (Phi) is 3.35. The van der Waals surface area contributed by atoms with Crippen molar-refractivity contribution in [3.63, 3.8) is 0 Å². The summed E-state index contributed by atoms with van der Waals surface area (Å²) in [7, 11) is 0. The molecule has 0 aromatic rings. The third-order valence-corrected chi connectivity index (χ3v) is 0.260. The zero-order valence-corrected chi connectivity index (χ0v) is 3.22. The SMILES string of the molecule is NC=CNC=O. The number of hydrogen-bond acceptors (Lipinski definition) is 2. The first kappa shape index (κ1) is 5.01. The predicted molar refractivity (Wildman–Crippen MR) is 22.5 cm³/mol. The average Bonchev–Trinajstić information content (AvgIpc) is 1.61. The van der Waals surface area contributed by atoms with E-state index in [1.165, 1.54) is 12.4 Å². The zero-order valence-electron chi connectivity index (χ0n) is 3.22. The van der Waals surface area contributed by atoms with Crippen LogP contribution in [-0.2, 0) is 4.79 Å². The Bertz CT molecular complexity index is 59.8. The lowest BCUT2D eigenvalue weighted by Crippen LogP contribution is -1.99. The lowest BCUT2D eigenvalue weighted by molar-refractivity contribution is -0.108. The first-order valence-electron chi connectivity index (χ1n) is 1.48. The molecule has 0 fully saturated rings. The maximum atomic E-state index is 9.35. The van der Waals surface area contributed by atoms with Crippen molar-refractivity contribution in [2.45, 2.75) is 0 Å². The summed E-state index contributed by atoms with van der Waals surface area (Å²) in [4.78, 5) is 9.35. The van der Waals surface area contributed by atoms with Crippen LogP contribution >= 0.6 is 0 Å². The van der Waals surface area contributed by atoms with Crippen molar-refractivity contribution in [1.82, 2.24) is 5.32 Å². The third-order valence-electron chi connectivity index (χ3n) is 0.260. The van der Waals surface area contributed by atoms with Crippen LogP contribution in [0.15, 0.2) is 12.4 Å². The van der Waals surface area contributed by atoms with E-state index in [0.717, 1.165) is 0 Å². The number of carbonyl (C=O) groups excluding carboxylic acids is 1. The Morgan fingerprint density at radius 3 is 2.50 bits per heavy atom. The van der Waals surface area contributed by atoms with Crippen LogP contribution in [0.1, 0.15) is 0 Å². The van der Waals surface area contributed by atoms with Gasteiger partial charge in [-0.1, -0.05) is 0 Å². The molecule has 1 amide bonds. The highest BCUT2D eigenvalue weighted by atomic mass is 16.1. The molecule has 0 unspecified atom stereocenters. The minimum absolute atomic E-state index is 0.545. The Morgan fingerprint density at radius 2 is 2.33 bits per heavy atom. The molecule has 0 aromatic heterocycles. The van der Waals surface area contributed by atoms with Gasteiger partial charge in [-0.05, 0) is 0 Å². The summed E-state index contributed by atoms with van der Waals surface area (Å²) >= 11 is 0. The second kappa shape index (κ2) is 4.01. The minimum Gasteiger partial charge on any atom is -0.403 e. The standard InChI is InChI=1S/C3H6N2O/c4-1-2-5-3-6/h1-3H,4H2,(H,5,6). The van der Waals surface area contributed by atoms with Crippen molar-refractivity contribution in [2.24, 2.45) is 5.73 Å². The number of carbonyl (C=O) groups is 1. The van der Waals surface area contributed by atoms with Gasteiger partial charge in [-0.2, -0.15) is 0 Å². The fourth-order valence-electron chi connectivity index (χ4n) is 0.0948. The molecule has 34 valence electrons. The van der Waals surface area contributed by atoms with Crippen LogP contribution in [-0.4, -0.2) is 6.41 Å². The molecule has 0 radical (unpaired) electrons. The van der Waals surface area contributed by atoms with Crippen molar-refractivity contribution in [3.8, 4) is 0 Å². The highest BCUT2D eigenvalue weighted by Crippen LogP contribution is 1.43. The molecule has 0 saturated carbocycles. The summed E-state index contributed by atoms with van der Waals surface area (Å²) in [6.07, 6.45) is 3.13. The summed E-state index contributed by atoms with van der Waals surface area (Å²) in [5, 5.41) is 2.21. The number of amides is 1. The van der Waals surface area contributed by atoms with E-state index in [2.05, 4.69) is 5.32 Å². The molecule has 0 saturated heterocycles. The van der Waals surface area contributed by atoms with Gasteiger partial charge in [0, 0.05) is 12.4 Å². The van der Waals surface area contributed by atoms with Gasteiger partial charge >= 0.3 is 0 Å². The topological polar surface area (TPSA) is 55.1 Å². The molecule has 0 aromatic carbocycles. The summed E-state index contributed by atoms with van der Waals surface area (Å²) in [6, 6.07) is 0. The van der Waals surface area contributed by atoms with E-state index in [-0.39, 0.29) is 0 Å². The first-order chi connectivity index (χ1) is 2.91. The summed E-state index contributed by atoms with van der Waals surface area (Å²) in [5.41, 5.74) is 4.81. The lowest BCUT2D eigenvalue weighted by atomic mass is 10.9. The fraction of sp³-hybridized carbons (Fsp3) is 0. The highest BCUT2D eigenvalue weighted by molar-refractivity contribution is 5.47. The Labute approximate surface area is 35.8 Å².